The highest BCUT2D eigenvalue weighted by Crippen LogP contribution is 2.21. The highest BCUT2D eigenvalue weighted by atomic mass is 32.2. The molecule has 1 heterocycles. The second kappa shape index (κ2) is 9.40. The average Bonchev–Trinajstić information content (AvgIpc) is 3.01. The first-order valence-corrected chi connectivity index (χ1v) is 9.77. The van der Waals surface area contributed by atoms with E-state index in [0.29, 0.717) is 24.9 Å². The quantitative estimate of drug-likeness (QED) is 0.454. The number of carbonyl (C=O) groups excluding carboxylic acids is 1. The number of aromatic nitrogens is 2. The maximum Gasteiger partial charge on any atom is 0.237 e. The zero-order valence-corrected chi connectivity index (χ0v) is 15.7. The number of hydrogen-bond donors (Lipinski definition) is 1. The van der Waals surface area contributed by atoms with Crippen LogP contribution in [0.5, 0.6) is 0 Å². The van der Waals surface area contributed by atoms with Crippen molar-refractivity contribution < 1.29 is 9.53 Å². The first-order chi connectivity index (χ1) is 12.8. The molecule has 2 aromatic carbocycles. The van der Waals surface area contributed by atoms with Crippen LogP contribution in [0.4, 0.5) is 5.95 Å². The summed E-state index contributed by atoms with van der Waals surface area (Å²) in [6.07, 6.45) is 0.871. The Morgan fingerprint density at radius 1 is 1.15 bits per heavy atom. The highest BCUT2D eigenvalue weighted by Gasteiger charge is 2.13. The van der Waals surface area contributed by atoms with Crippen LogP contribution in [-0.4, -0.2) is 34.4 Å². The van der Waals surface area contributed by atoms with Crippen molar-refractivity contribution >= 4 is 34.7 Å². The maximum absolute atomic E-state index is 12.4. The molecule has 0 bridgehead atoms. The lowest BCUT2D eigenvalue weighted by molar-refractivity contribution is -0.113. The van der Waals surface area contributed by atoms with Gasteiger partial charge in [-0.15, -0.1) is 11.8 Å². The number of imidazole rings is 1. The van der Waals surface area contributed by atoms with Crippen LogP contribution in [0, 0.1) is 0 Å². The van der Waals surface area contributed by atoms with Gasteiger partial charge in [0.2, 0.25) is 11.9 Å². The van der Waals surface area contributed by atoms with E-state index in [-0.39, 0.29) is 5.91 Å². The molecule has 6 heteroatoms. The lowest BCUT2D eigenvalue weighted by Crippen LogP contribution is -2.18. The molecule has 1 amide bonds. The van der Waals surface area contributed by atoms with Crippen molar-refractivity contribution in [2.24, 2.45) is 0 Å². The molecule has 136 valence electrons. The molecule has 0 aliphatic rings. The van der Waals surface area contributed by atoms with Gasteiger partial charge in [-0.3, -0.25) is 10.1 Å². The zero-order valence-electron chi connectivity index (χ0n) is 14.9. The number of ether oxygens (including phenoxy) is 1. The normalized spacial score (nSPS) is 11.0. The molecule has 1 aromatic heterocycles. The first-order valence-electron chi connectivity index (χ1n) is 8.78. The number of aryl methyl sites for hydroxylation is 1. The molecule has 0 saturated carbocycles. The lowest BCUT2D eigenvalue weighted by Gasteiger charge is -2.10. The van der Waals surface area contributed by atoms with Gasteiger partial charge >= 0.3 is 0 Å². The van der Waals surface area contributed by atoms with Crippen LogP contribution in [0.15, 0.2) is 59.5 Å². The highest BCUT2D eigenvalue weighted by molar-refractivity contribution is 8.00. The van der Waals surface area contributed by atoms with Crippen molar-refractivity contribution in [3.05, 3.63) is 54.6 Å². The molecule has 0 fully saturated rings. The molecule has 3 rings (SSSR count). The topological polar surface area (TPSA) is 56.1 Å². The van der Waals surface area contributed by atoms with E-state index in [2.05, 4.69) is 14.9 Å². The second-order valence-electron chi connectivity index (χ2n) is 5.78. The molecule has 0 spiro atoms. The molecule has 1 N–H and O–H groups in total. The number of rotatable bonds is 9. The summed E-state index contributed by atoms with van der Waals surface area (Å²) in [5, 5.41) is 2.96. The SMILES string of the molecule is CCOCCCn1c(NC(=O)CSc2ccccc2)nc2ccccc21. The Labute approximate surface area is 157 Å². The van der Waals surface area contributed by atoms with E-state index in [1.54, 1.807) is 0 Å². The molecule has 0 atom stereocenters. The minimum absolute atomic E-state index is 0.0554. The van der Waals surface area contributed by atoms with Gasteiger partial charge in [-0.1, -0.05) is 30.3 Å². The van der Waals surface area contributed by atoms with Gasteiger partial charge in [0.15, 0.2) is 0 Å². The Morgan fingerprint density at radius 3 is 2.73 bits per heavy atom. The maximum atomic E-state index is 12.4. The number of anilines is 1. The van der Waals surface area contributed by atoms with Crippen LogP contribution in [0.1, 0.15) is 13.3 Å². The van der Waals surface area contributed by atoms with E-state index in [1.165, 1.54) is 11.8 Å². The Morgan fingerprint density at radius 2 is 1.92 bits per heavy atom. The Bertz CT molecular complexity index is 849. The number of thioether (sulfide) groups is 1. The zero-order chi connectivity index (χ0) is 18.2. The van der Waals surface area contributed by atoms with Crippen molar-refractivity contribution in [1.82, 2.24) is 9.55 Å². The fraction of sp³-hybridized carbons (Fsp3) is 0.300. The fourth-order valence-electron chi connectivity index (χ4n) is 2.69. The average molecular weight is 369 g/mol. The largest absolute Gasteiger partial charge is 0.382 e. The van der Waals surface area contributed by atoms with Crippen molar-refractivity contribution in [2.75, 3.05) is 24.3 Å². The third-order valence-electron chi connectivity index (χ3n) is 3.89. The van der Waals surface area contributed by atoms with Crippen molar-refractivity contribution in [3.63, 3.8) is 0 Å². The van der Waals surface area contributed by atoms with Crippen LogP contribution in [-0.2, 0) is 16.1 Å². The van der Waals surface area contributed by atoms with Crippen molar-refractivity contribution in [2.45, 2.75) is 24.8 Å². The van der Waals surface area contributed by atoms with Gasteiger partial charge in [0.05, 0.1) is 16.8 Å². The summed E-state index contributed by atoms with van der Waals surface area (Å²) in [4.78, 5) is 18.0. The standard InChI is InChI=1S/C20H23N3O2S/c1-2-25-14-8-13-23-18-12-7-6-11-17(18)21-20(23)22-19(24)15-26-16-9-4-3-5-10-16/h3-7,9-12H,2,8,13-15H2,1H3,(H,21,22,24). The van der Waals surface area contributed by atoms with Crippen molar-refractivity contribution in [1.29, 1.82) is 0 Å². The summed E-state index contributed by atoms with van der Waals surface area (Å²) in [5.41, 5.74) is 1.91. The summed E-state index contributed by atoms with van der Waals surface area (Å²) in [6, 6.07) is 17.8. The molecule has 0 aliphatic heterocycles. The third kappa shape index (κ3) is 4.86. The Hall–Kier alpha value is -2.31. The van der Waals surface area contributed by atoms with E-state index >= 15 is 0 Å². The molecule has 26 heavy (non-hydrogen) atoms. The summed E-state index contributed by atoms with van der Waals surface area (Å²) < 4.78 is 7.48. The van der Waals surface area contributed by atoms with E-state index in [0.717, 1.165) is 28.9 Å². The van der Waals surface area contributed by atoms with E-state index in [4.69, 9.17) is 4.74 Å². The monoisotopic (exact) mass is 369 g/mol. The summed E-state index contributed by atoms with van der Waals surface area (Å²) in [5.74, 6) is 0.896. The summed E-state index contributed by atoms with van der Waals surface area (Å²) in [6.45, 7) is 4.15. The van der Waals surface area contributed by atoms with Crippen LogP contribution < -0.4 is 5.32 Å². The molecule has 5 nitrogen and oxygen atoms in total. The number of amides is 1. The number of carbonyl (C=O) groups is 1. The molecule has 3 aromatic rings. The minimum atomic E-state index is -0.0554. The van der Waals surface area contributed by atoms with Crippen molar-refractivity contribution in [3.8, 4) is 0 Å². The van der Waals surface area contributed by atoms with E-state index < -0.39 is 0 Å². The number of nitrogens with zero attached hydrogens (tertiary/aromatic N) is 2. The predicted molar refractivity (Wildman–Crippen MR) is 107 cm³/mol. The van der Waals surface area contributed by atoms with Crippen LogP contribution in [0.3, 0.4) is 0 Å². The van der Waals surface area contributed by atoms with E-state index in [1.807, 2.05) is 61.5 Å². The predicted octanol–water partition coefficient (Wildman–Crippen LogP) is 4.19. The van der Waals surface area contributed by atoms with Gasteiger partial charge in [0.1, 0.15) is 0 Å². The van der Waals surface area contributed by atoms with Crippen LogP contribution >= 0.6 is 11.8 Å². The number of hydrogen-bond acceptors (Lipinski definition) is 4. The number of para-hydroxylation sites is 2. The Balaban J connectivity index is 1.68. The smallest absolute Gasteiger partial charge is 0.237 e. The summed E-state index contributed by atoms with van der Waals surface area (Å²) in [7, 11) is 0. The number of fused-ring (bicyclic) bond motifs is 1. The molecule has 0 radical (unpaired) electrons. The number of benzene rings is 2. The Kier molecular flexibility index (Phi) is 6.68. The molecular formula is C20H23N3O2S. The number of nitrogens with one attached hydrogen (secondary N) is 1. The van der Waals surface area contributed by atoms with E-state index in [9.17, 15) is 4.79 Å². The molecule has 0 aliphatic carbocycles. The van der Waals surface area contributed by atoms with Gasteiger partial charge in [-0.25, -0.2) is 4.98 Å². The third-order valence-corrected chi connectivity index (χ3v) is 4.91. The van der Waals surface area contributed by atoms with Gasteiger partial charge < -0.3 is 9.30 Å². The summed E-state index contributed by atoms with van der Waals surface area (Å²) >= 11 is 1.52. The second-order valence-corrected chi connectivity index (χ2v) is 6.82. The van der Waals surface area contributed by atoms with Gasteiger partial charge in [-0.2, -0.15) is 0 Å². The molecule has 0 saturated heterocycles. The first kappa shape index (κ1) is 18.5. The van der Waals surface area contributed by atoms with Gasteiger partial charge in [0, 0.05) is 24.7 Å². The lowest BCUT2D eigenvalue weighted by atomic mass is 10.3. The molecular weight excluding hydrogens is 346 g/mol. The fourth-order valence-corrected chi connectivity index (χ4v) is 3.41. The minimum Gasteiger partial charge on any atom is -0.382 e. The van der Waals surface area contributed by atoms with Crippen LogP contribution in [0.25, 0.3) is 11.0 Å². The van der Waals surface area contributed by atoms with Crippen LogP contribution in [0.2, 0.25) is 0 Å². The van der Waals surface area contributed by atoms with Gasteiger partial charge in [0.25, 0.3) is 0 Å². The van der Waals surface area contributed by atoms with Gasteiger partial charge in [-0.05, 0) is 37.6 Å². The molecule has 0 unspecified atom stereocenters.